The first-order chi connectivity index (χ1) is 17.1. The Kier molecular flexibility index (Phi) is 6.97. The van der Waals surface area contributed by atoms with E-state index >= 15 is 0 Å². The molecule has 4 aromatic rings. The summed E-state index contributed by atoms with van der Waals surface area (Å²) in [7, 11) is 1.61. The number of amides is 1. The number of rotatable bonds is 7. The first kappa shape index (κ1) is 23.7. The number of benzene rings is 3. The van der Waals surface area contributed by atoms with Crippen LogP contribution in [0.5, 0.6) is 5.75 Å². The summed E-state index contributed by atoms with van der Waals surface area (Å²) >= 11 is 3.45. The van der Waals surface area contributed by atoms with Crippen molar-refractivity contribution >= 4 is 43.8 Å². The fourth-order valence-electron chi connectivity index (χ4n) is 5.10. The first-order valence-corrected chi connectivity index (χ1v) is 12.8. The van der Waals surface area contributed by atoms with E-state index in [0.29, 0.717) is 5.75 Å². The normalized spacial score (nSPS) is 16.1. The molecule has 1 aromatic heterocycles. The molecule has 1 N–H and O–H groups in total. The Morgan fingerprint density at radius 1 is 1.09 bits per heavy atom. The molecule has 0 spiro atoms. The van der Waals surface area contributed by atoms with Crippen molar-refractivity contribution in [3.05, 3.63) is 76.3 Å². The molecule has 3 aromatic carbocycles. The second-order valence-electron chi connectivity index (χ2n) is 9.01. The van der Waals surface area contributed by atoms with Crippen molar-refractivity contribution in [2.45, 2.75) is 39.1 Å². The largest absolute Gasteiger partial charge is 0.496 e. The third-order valence-corrected chi connectivity index (χ3v) is 7.25. The quantitative estimate of drug-likeness (QED) is 0.311. The maximum Gasteiger partial charge on any atom is 0.407 e. The average Bonchev–Trinajstić information content (AvgIpc) is 3.44. The molecule has 0 saturated carbocycles. The van der Waals surface area contributed by atoms with E-state index in [1.165, 1.54) is 27.4 Å². The lowest BCUT2D eigenvalue weighted by molar-refractivity contribution is 0.134. The maximum atomic E-state index is 12.4. The van der Waals surface area contributed by atoms with E-state index in [2.05, 4.69) is 80.1 Å². The van der Waals surface area contributed by atoms with E-state index in [4.69, 9.17) is 9.47 Å². The fraction of sp³-hybridized carbons (Fsp3) is 0.321. The van der Waals surface area contributed by atoms with Crippen LogP contribution >= 0.6 is 15.9 Å². The Bertz CT molecular complexity index is 1370. The number of nitrogens with one attached hydrogen (secondary N) is 1. The predicted octanol–water partition coefficient (Wildman–Crippen LogP) is 6.09. The number of carbonyl (C=O) groups excluding carboxylic acids is 1. The monoisotopic (exact) mass is 535 g/mol. The van der Waals surface area contributed by atoms with Crippen LogP contribution in [0.1, 0.15) is 24.5 Å². The number of aromatic nitrogens is 1. The highest BCUT2D eigenvalue weighted by Crippen LogP contribution is 2.30. The summed E-state index contributed by atoms with van der Waals surface area (Å²) in [5.41, 5.74) is 4.68. The number of para-hydroxylation sites is 1. The van der Waals surface area contributed by atoms with Crippen LogP contribution in [0, 0.1) is 0 Å². The average molecular weight is 536 g/mol. The first-order valence-electron chi connectivity index (χ1n) is 12.0. The number of nitrogens with zero attached hydrogens (tertiary/aromatic N) is 2. The maximum absolute atomic E-state index is 12.4. The molecular weight excluding hydrogens is 506 g/mol. The zero-order valence-electron chi connectivity index (χ0n) is 20.1. The van der Waals surface area contributed by atoms with Gasteiger partial charge in [0.15, 0.2) is 0 Å². The summed E-state index contributed by atoms with van der Waals surface area (Å²) in [6, 6.07) is 21.1. The van der Waals surface area contributed by atoms with Gasteiger partial charge < -0.3 is 19.4 Å². The number of ether oxygens (including phenoxy) is 2. The van der Waals surface area contributed by atoms with E-state index in [9.17, 15) is 4.79 Å². The van der Waals surface area contributed by atoms with Crippen LogP contribution in [0.25, 0.3) is 21.8 Å². The molecule has 1 unspecified atom stereocenters. The number of aryl methyl sites for hydroxylation is 1. The van der Waals surface area contributed by atoms with Crippen molar-refractivity contribution in [2.24, 2.45) is 0 Å². The van der Waals surface area contributed by atoms with E-state index in [-0.39, 0.29) is 12.6 Å². The molecule has 0 bridgehead atoms. The van der Waals surface area contributed by atoms with Crippen LogP contribution < -0.4 is 10.1 Å². The number of carbonyl (C=O) groups is 1. The van der Waals surface area contributed by atoms with Crippen LogP contribution in [0.4, 0.5) is 4.79 Å². The fourth-order valence-corrected chi connectivity index (χ4v) is 5.51. The minimum absolute atomic E-state index is 0.0811. The Morgan fingerprint density at radius 2 is 1.91 bits per heavy atom. The van der Waals surface area contributed by atoms with Gasteiger partial charge in [0.05, 0.1) is 7.11 Å². The van der Waals surface area contributed by atoms with Gasteiger partial charge in [0.2, 0.25) is 0 Å². The molecular formula is C28H30BrN3O3. The summed E-state index contributed by atoms with van der Waals surface area (Å²) in [6.45, 7) is 5.92. The lowest BCUT2D eigenvalue weighted by atomic mass is 10.1. The molecule has 5 rings (SSSR count). The standard InChI is InChI=1S/C28H30BrN3O3/c1-3-32-25-7-5-4-6-23(25)24-14-19(8-10-26(24)32)16-31-13-12-22(17-31)30-28(33)35-18-20-15-21(29)9-11-27(20)34-2/h4-11,14-15,22H,3,12-13,16-18H2,1-2H3,(H,30,33). The Hall–Kier alpha value is -3.03. The van der Waals surface area contributed by atoms with Crippen molar-refractivity contribution in [3.63, 3.8) is 0 Å². The predicted molar refractivity (Wildman–Crippen MR) is 143 cm³/mol. The second kappa shape index (κ2) is 10.3. The van der Waals surface area contributed by atoms with Gasteiger partial charge in [-0.2, -0.15) is 0 Å². The molecule has 1 amide bonds. The van der Waals surface area contributed by atoms with E-state index in [1.807, 2.05) is 18.2 Å². The van der Waals surface area contributed by atoms with E-state index in [1.54, 1.807) is 7.11 Å². The molecule has 0 aliphatic carbocycles. The Morgan fingerprint density at radius 3 is 2.74 bits per heavy atom. The summed E-state index contributed by atoms with van der Waals surface area (Å²) in [4.78, 5) is 14.8. The number of methoxy groups -OCH3 is 1. The van der Waals surface area contributed by atoms with Gasteiger partial charge in [-0.1, -0.05) is 40.2 Å². The minimum atomic E-state index is -0.396. The van der Waals surface area contributed by atoms with Crippen molar-refractivity contribution < 1.29 is 14.3 Å². The van der Waals surface area contributed by atoms with Gasteiger partial charge in [0, 0.05) is 64.1 Å². The van der Waals surface area contributed by atoms with Crippen LogP contribution in [-0.2, 0) is 24.4 Å². The van der Waals surface area contributed by atoms with E-state index in [0.717, 1.165) is 42.6 Å². The SMILES string of the molecule is CCn1c2ccccc2c2cc(CN3CCC(NC(=O)OCc4cc(Br)ccc4OC)C3)ccc21. The van der Waals surface area contributed by atoms with Crippen LogP contribution in [0.2, 0.25) is 0 Å². The minimum Gasteiger partial charge on any atom is -0.496 e. The van der Waals surface area contributed by atoms with Gasteiger partial charge in [-0.3, -0.25) is 4.90 Å². The number of halogens is 1. The molecule has 35 heavy (non-hydrogen) atoms. The molecule has 0 radical (unpaired) electrons. The molecule has 6 nitrogen and oxygen atoms in total. The number of alkyl carbamates (subject to hydrolysis) is 1. The smallest absolute Gasteiger partial charge is 0.407 e. The zero-order valence-corrected chi connectivity index (χ0v) is 21.7. The molecule has 1 aliphatic heterocycles. The van der Waals surface area contributed by atoms with E-state index < -0.39 is 6.09 Å². The lowest BCUT2D eigenvalue weighted by Gasteiger charge is -2.17. The van der Waals surface area contributed by atoms with Gasteiger partial charge in [0.25, 0.3) is 0 Å². The summed E-state index contributed by atoms with van der Waals surface area (Å²) < 4.78 is 14.1. The molecule has 1 fully saturated rings. The highest BCUT2D eigenvalue weighted by atomic mass is 79.9. The van der Waals surface area contributed by atoms with Crippen LogP contribution in [-0.4, -0.2) is 41.8 Å². The molecule has 182 valence electrons. The Balaban J connectivity index is 1.19. The summed E-state index contributed by atoms with van der Waals surface area (Å²) in [5, 5.41) is 5.63. The summed E-state index contributed by atoms with van der Waals surface area (Å²) in [6.07, 6.45) is 0.514. The van der Waals surface area contributed by atoms with Crippen molar-refractivity contribution in [1.82, 2.24) is 14.8 Å². The van der Waals surface area contributed by atoms with Gasteiger partial charge in [-0.25, -0.2) is 4.79 Å². The van der Waals surface area contributed by atoms with Gasteiger partial charge in [-0.05, 0) is 55.3 Å². The van der Waals surface area contributed by atoms with Crippen LogP contribution in [0.15, 0.2) is 65.1 Å². The van der Waals surface area contributed by atoms with Gasteiger partial charge in [0.1, 0.15) is 12.4 Å². The van der Waals surface area contributed by atoms with Crippen molar-refractivity contribution in [2.75, 3.05) is 20.2 Å². The van der Waals surface area contributed by atoms with Gasteiger partial charge in [-0.15, -0.1) is 0 Å². The molecule has 2 heterocycles. The van der Waals surface area contributed by atoms with Crippen molar-refractivity contribution in [1.29, 1.82) is 0 Å². The molecule has 1 aliphatic rings. The molecule has 7 heteroatoms. The third-order valence-electron chi connectivity index (χ3n) is 6.75. The molecule has 1 saturated heterocycles. The number of hydrogen-bond acceptors (Lipinski definition) is 4. The highest BCUT2D eigenvalue weighted by molar-refractivity contribution is 9.10. The summed E-state index contributed by atoms with van der Waals surface area (Å²) in [5.74, 6) is 0.701. The topological polar surface area (TPSA) is 55.7 Å². The van der Waals surface area contributed by atoms with Gasteiger partial charge >= 0.3 is 6.09 Å². The number of likely N-dealkylation sites (tertiary alicyclic amines) is 1. The second-order valence-corrected chi connectivity index (χ2v) is 9.93. The number of fused-ring (bicyclic) bond motifs is 3. The highest BCUT2D eigenvalue weighted by Gasteiger charge is 2.25. The Labute approximate surface area is 213 Å². The van der Waals surface area contributed by atoms with Crippen molar-refractivity contribution in [3.8, 4) is 5.75 Å². The number of hydrogen-bond donors (Lipinski definition) is 1. The van der Waals surface area contributed by atoms with Crippen LogP contribution in [0.3, 0.4) is 0 Å². The lowest BCUT2D eigenvalue weighted by Crippen LogP contribution is -2.37. The third kappa shape index (κ3) is 5.02. The zero-order chi connectivity index (χ0) is 24.4. The molecule has 1 atom stereocenters.